The van der Waals surface area contributed by atoms with E-state index in [1.54, 1.807) is 19.3 Å². The molecule has 0 aromatic rings. The summed E-state index contributed by atoms with van der Waals surface area (Å²) in [6.07, 6.45) is 4.47. The van der Waals surface area contributed by atoms with E-state index in [1.807, 2.05) is 0 Å². The topological polar surface area (TPSA) is 21.3 Å². The molecule has 0 amide bonds. The molecule has 0 aliphatic rings. The molecule has 0 bridgehead atoms. The predicted molar refractivity (Wildman–Crippen MR) is 52.7 cm³/mol. The minimum Gasteiger partial charge on any atom is -0.495 e. The fourth-order valence-corrected chi connectivity index (χ4v) is 0.823. The largest absolute Gasteiger partial charge is 0.495 e. The van der Waals surface area contributed by atoms with E-state index in [-0.39, 0.29) is 0 Å². The zero-order valence-electron chi connectivity index (χ0n) is 7.89. The van der Waals surface area contributed by atoms with E-state index < -0.39 is 0 Å². The Morgan fingerprint density at radius 2 is 2.08 bits per heavy atom. The van der Waals surface area contributed by atoms with E-state index in [2.05, 4.69) is 25.4 Å². The van der Waals surface area contributed by atoms with Gasteiger partial charge in [0, 0.05) is 6.54 Å². The normalized spacial score (nSPS) is 11.5. The number of ether oxygens (including phenoxy) is 1. The van der Waals surface area contributed by atoms with Gasteiger partial charge in [-0.15, -0.1) is 0 Å². The second kappa shape index (κ2) is 6.53. The molecule has 2 nitrogen and oxygen atoms in total. The van der Waals surface area contributed by atoms with Crippen LogP contribution in [-0.4, -0.2) is 13.7 Å². The molecule has 68 valence electrons. The SMILES string of the molecule is C=C/C(NCCC)=C(\C=C)OC. The first-order valence-electron chi connectivity index (χ1n) is 4.07. The highest BCUT2D eigenvalue weighted by Gasteiger charge is 1.97. The molecule has 12 heavy (non-hydrogen) atoms. The van der Waals surface area contributed by atoms with Crippen LogP contribution in [0.2, 0.25) is 0 Å². The highest BCUT2D eigenvalue weighted by atomic mass is 16.5. The molecule has 0 heterocycles. The van der Waals surface area contributed by atoms with Crippen LogP contribution >= 0.6 is 0 Å². The maximum atomic E-state index is 5.08. The Kier molecular flexibility index (Phi) is 5.88. The van der Waals surface area contributed by atoms with Gasteiger partial charge >= 0.3 is 0 Å². The van der Waals surface area contributed by atoms with E-state index in [0.29, 0.717) is 0 Å². The van der Waals surface area contributed by atoms with Crippen LogP contribution in [0.25, 0.3) is 0 Å². The number of hydrogen-bond donors (Lipinski definition) is 1. The molecule has 0 aromatic carbocycles. The second-order valence-corrected chi connectivity index (χ2v) is 2.32. The van der Waals surface area contributed by atoms with Gasteiger partial charge in [0.25, 0.3) is 0 Å². The van der Waals surface area contributed by atoms with Crippen molar-refractivity contribution in [3.63, 3.8) is 0 Å². The van der Waals surface area contributed by atoms with Crippen LogP contribution in [0.15, 0.2) is 36.8 Å². The van der Waals surface area contributed by atoms with Gasteiger partial charge in [-0.05, 0) is 18.6 Å². The van der Waals surface area contributed by atoms with Crippen LogP contribution in [0.5, 0.6) is 0 Å². The number of allylic oxidation sites excluding steroid dienone is 2. The van der Waals surface area contributed by atoms with E-state index in [0.717, 1.165) is 24.4 Å². The summed E-state index contributed by atoms with van der Waals surface area (Å²) in [5.41, 5.74) is 0.898. The van der Waals surface area contributed by atoms with Crippen LogP contribution in [0, 0.1) is 0 Å². The number of methoxy groups -OCH3 is 1. The summed E-state index contributed by atoms with van der Waals surface area (Å²) in [7, 11) is 1.62. The van der Waals surface area contributed by atoms with Crippen molar-refractivity contribution in [3.8, 4) is 0 Å². The van der Waals surface area contributed by atoms with Crippen LogP contribution in [0.3, 0.4) is 0 Å². The first-order chi connectivity index (χ1) is 5.79. The molecular weight excluding hydrogens is 150 g/mol. The van der Waals surface area contributed by atoms with Gasteiger partial charge < -0.3 is 10.1 Å². The average molecular weight is 167 g/mol. The summed E-state index contributed by atoms with van der Waals surface area (Å²) in [5.74, 6) is 0.735. The highest BCUT2D eigenvalue weighted by Crippen LogP contribution is 2.04. The van der Waals surface area contributed by atoms with Crippen LogP contribution < -0.4 is 5.32 Å². The van der Waals surface area contributed by atoms with Crippen molar-refractivity contribution in [2.45, 2.75) is 13.3 Å². The van der Waals surface area contributed by atoms with Crippen molar-refractivity contribution in [1.29, 1.82) is 0 Å². The van der Waals surface area contributed by atoms with Gasteiger partial charge in [-0.2, -0.15) is 0 Å². The Morgan fingerprint density at radius 1 is 1.42 bits per heavy atom. The van der Waals surface area contributed by atoms with Crippen molar-refractivity contribution in [2.24, 2.45) is 0 Å². The fraction of sp³-hybridized carbons (Fsp3) is 0.400. The molecule has 2 heteroatoms. The molecule has 0 atom stereocenters. The molecule has 0 rings (SSSR count). The summed E-state index contributed by atoms with van der Waals surface area (Å²) >= 11 is 0. The van der Waals surface area contributed by atoms with Crippen LogP contribution in [0.4, 0.5) is 0 Å². The smallest absolute Gasteiger partial charge is 0.141 e. The first kappa shape index (κ1) is 10.8. The van der Waals surface area contributed by atoms with E-state index in [9.17, 15) is 0 Å². The van der Waals surface area contributed by atoms with Gasteiger partial charge in [0.05, 0.1) is 12.8 Å². The molecule has 0 saturated carbocycles. The monoisotopic (exact) mass is 167 g/mol. The van der Waals surface area contributed by atoms with E-state index >= 15 is 0 Å². The van der Waals surface area contributed by atoms with Gasteiger partial charge in [0.2, 0.25) is 0 Å². The molecule has 1 N–H and O–H groups in total. The molecule has 0 aliphatic carbocycles. The van der Waals surface area contributed by atoms with Crippen molar-refractivity contribution in [3.05, 3.63) is 36.8 Å². The molecule has 0 saturated heterocycles. The average Bonchev–Trinajstić information content (AvgIpc) is 2.12. The number of rotatable bonds is 6. The highest BCUT2D eigenvalue weighted by molar-refractivity contribution is 5.25. The molecule has 0 radical (unpaired) electrons. The summed E-state index contributed by atoms with van der Waals surface area (Å²) in [4.78, 5) is 0. The summed E-state index contributed by atoms with van der Waals surface area (Å²) < 4.78 is 5.08. The minimum absolute atomic E-state index is 0.735. The number of hydrogen-bond acceptors (Lipinski definition) is 2. The quantitative estimate of drug-likeness (QED) is 0.484. The summed E-state index contributed by atoms with van der Waals surface area (Å²) in [6.45, 7) is 10.3. The predicted octanol–water partition coefficient (Wildman–Crippen LogP) is 2.22. The van der Waals surface area contributed by atoms with Crippen LogP contribution in [0.1, 0.15) is 13.3 Å². The van der Waals surface area contributed by atoms with Gasteiger partial charge in [-0.1, -0.05) is 20.1 Å². The lowest BCUT2D eigenvalue weighted by molar-refractivity contribution is 0.301. The van der Waals surface area contributed by atoms with Gasteiger partial charge in [-0.25, -0.2) is 0 Å². The van der Waals surface area contributed by atoms with Crippen molar-refractivity contribution < 1.29 is 4.74 Å². The molecule has 0 fully saturated rings. The third-order valence-corrected chi connectivity index (χ3v) is 1.44. The molecule has 0 spiro atoms. The third kappa shape index (κ3) is 3.28. The Balaban J connectivity index is 4.34. The fourth-order valence-electron chi connectivity index (χ4n) is 0.823. The zero-order valence-corrected chi connectivity index (χ0v) is 7.89. The second-order valence-electron chi connectivity index (χ2n) is 2.32. The molecule has 0 aliphatic heterocycles. The van der Waals surface area contributed by atoms with Crippen molar-refractivity contribution in [1.82, 2.24) is 5.32 Å². The maximum Gasteiger partial charge on any atom is 0.141 e. The van der Waals surface area contributed by atoms with Crippen molar-refractivity contribution >= 4 is 0 Å². The van der Waals surface area contributed by atoms with E-state index in [4.69, 9.17) is 4.74 Å². The molecule has 0 unspecified atom stereocenters. The molecular formula is C10H17NO. The lowest BCUT2D eigenvalue weighted by Gasteiger charge is -2.09. The van der Waals surface area contributed by atoms with Crippen LogP contribution in [-0.2, 0) is 4.74 Å². The standard InChI is InChI=1S/C10H17NO/c1-5-8-11-9(6-2)10(7-3)12-4/h6-7,11H,2-3,5,8H2,1,4H3/b10-9-. The Labute approximate surface area is 74.6 Å². The number of nitrogens with one attached hydrogen (secondary N) is 1. The minimum atomic E-state index is 0.735. The lowest BCUT2D eigenvalue weighted by atomic mass is 10.3. The van der Waals surface area contributed by atoms with Gasteiger partial charge in [0.1, 0.15) is 5.76 Å². The summed E-state index contributed by atoms with van der Waals surface area (Å²) in [5, 5.41) is 3.19. The first-order valence-corrected chi connectivity index (χ1v) is 4.07. The summed E-state index contributed by atoms with van der Waals surface area (Å²) in [6, 6.07) is 0. The lowest BCUT2D eigenvalue weighted by Crippen LogP contribution is -2.14. The van der Waals surface area contributed by atoms with Gasteiger partial charge in [0.15, 0.2) is 0 Å². The third-order valence-electron chi connectivity index (χ3n) is 1.44. The Bertz CT molecular complexity index is 182. The maximum absolute atomic E-state index is 5.08. The van der Waals surface area contributed by atoms with Crippen molar-refractivity contribution in [2.75, 3.05) is 13.7 Å². The van der Waals surface area contributed by atoms with Gasteiger partial charge in [-0.3, -0.25) is 0 Å². The van der Waals surface area contributed by atoms with E-state index in [1.165, 1.54) is 0 Å². The Morgan fingerprint density at radius 3 is 2.42 bits per heavy atom. The zero-order chi connectivity index (χ0) is 9.40. The Hall–Kier alpha value is -1.18. The molecule has 0 aromatic heterocycles.